The Kier molecular flexibility index (Phi) is 6.43. The molecule has 0 N–H and O–H groups in total. The molecule has 30 heavy (non-hydrogen) atoms. The number of carbonyl (C=O) groups is 1. The molecule has 1 aliphatic heterocycles. The van der Waals surface area contributed by atoms with Crippen molar-refractivity contribution in [2.75, 3.05) is 26.2 Å². The second-order valence-corrected chi connectivity index (χ2v) is 8.31. The highest BCUT2D eigenvalue weighted by Gasteiger charge is 2.26. The van der Waals surface area contributed by atoms with Crippen LogP contribution in [0.1, 0.15) is 31.5 Å². The Labute approximate surface area is 188 Å². The predicted octanol–water partition coefficient (Wildman–Crippen LogP) is 4.49. The van der Waals surface area contributed by atoms with Crippen LogP contribution in [0.4, 0.5) is 0 Å². The van der Waals surface area contributed by atoms with Crippen molar-refractivity contribution in [2.45, 2.75) is 25.7 Å². The molecule has 1 aromatic carbocycles. The molecular formula is C20H20Cl3N5O2. The van der Waals surface area contributed by atoms with Gasteiger partial charge in [-0.15, -0.1) is 5.10 Å². The molecule has 0 amide bonds. The zero-order chi connectivity index (χ0) is 21.3. The van der Waals surface area contributed by atoms with Crippen molar-refractivity contribution >= 4 is 46.4 Å². The van der Waals surface area contributed by atoms with E-state index in [1.54, 1.807) is 18.2 Å². The van der Waals surface area contributed by atoms with Gasteiger partial charge in [0.25, 0.3) is 0 Å². The molecule has 158 valence electrons. The van der Waals surface area contributed by atoms with Gasteiger partial charge in [0.05, 0.1) is 23.9 Å². The van der Waals surface area contributed by atoms with Crippen LogP contribution in [-0.4, -0.2) is 56.7 Å². The molecule has 3 aromatic rings. The number of ether oxygens (including phenoxy) is 1. The Morgan fingerprint density at radius 3 is 2.63 bits per heavy atom. The lowest BCUT2D eigenvalue weighted by Gasteiger charge is -2.29. The van der Waals surface area contributed by atoms with Crippen molar-refractivity contribution in [1.82, 2.24) is 24.5 Å². The lowest BCUT2D eigenvalue weighted by atomic mass is 9.96. The summed E-state index contributed by atoms with van der Waals surface area (Å²) in [5.74, 6) is 0.740. The number of carbonyl (C=O) groups excluding carboxylic acids is 1. The molecule has 0 spiro atoms. The Hall–Kier alpha value is -1.93. The van der Waals surface area contributed by atoms with E-state index in [0.717, 1.165) is 37.3 Å². The molecule has 2 aromatic heterocycles. The predicted molar refractivity (Wildman–Crippen MR) is 116 cm³/mol. The third kappa shape index (κ3) is 4.54. The van der Waals surface area contributed by atoms with E-state index in [0.29, 0.717) is 34.5 Å². The maximum absolute atomic E-state index is 11.7. The third-order valence-electron chi connectivity index (χ3n) is 5.12. The number of benzene rings is 1. The number of likely N-dealkylation sites (tertiary alicyclic amines) is 1. The van der Waals surface area contributed by atoms with Crippen molar-refractivity contribution in [3.8, 4) is 11.3 Å². The van der Waals surface area contributed by atoms with E-state index in [-0.39, 0.29) is 17.2 Å². The van der Waals surface area contributed by atoms with Gasteiger partial charge in [-0.3, -0.25) is 9.69 Å². The van der Waals surface area contributed by atoms with Crippen LogP contribution in [0, 0.1) is 0 Å². The van der Waals surface area contributed by atoms with E-state index in [9.17, 15) is 4.79 Å². The average molecular weight is 469 g/mol. The number of fused-ring (bicyclic) bond motifs is 1. The van der Waals surface area contributed by atoms with Gasteiger partial charge >= 0.3 is 5.97 Å². The maximum atomic E-state index is 11.7. The first-order valence-corrected chi connectivity index (χ1v) is 10.8. The highest BCUT2D eigenvalue weighted by molar-refractivity contribution is 6.36. The van der Waals surface area contributed by atoms with Gasteiger partial charge in [0, 0.05) is 22.6 Å². The molecule has 0 atom stereocenters. The lowest BCUT2D eigenvalue weighted by Crippen LogP contribution is -2.37. The van der Waals surface area contributed by atoms with Crippen molar-refractivity contribution in [3.05, 3.63) is 45.4 Å². The van der Waals surface area contributed by atoms with Crippen LogP contribution in [-0.2, 0) is 9.53 Å². The number of aromatic nitrogens is 4. The second kappa shape index (κ2) is 9.06. The highest BCUT2D eigenvalue weighted by Crippen LogP contribution is 2.32. The molecule has 10 heteroatoms. The molecule has 0 radical (unpaired) electrons. The van der Waals surface area contributed by atoms with Crippen molar-refractivity contribution < 1.29 is 9.53 Å². The monoisotopic (exact) mass is 467 g/mol. The summed E-state index contributed by atoms with van der Waals surface area (Å²) in [4.78, 5) is 22.9. The summed E-state index contributed by atoms with van der Waals surface area (Å²) >= 11 is 18.7. The standard InChI is InChI=1S/C20H20Cl3N5O2/c1-2-30-18(29)11-27-7-5-12(6-8-27)19-25-17-10-16(24-20(23)28(17)26-19)14-4-3-13(21)9-15(14)22/h3-4,9-10,12H,2,5-8,11H2,1H3. The average Bonchev–Trinajstić information content (AvgIpc) is 3.13. The van der Waals surface area contributed by atoms with E-state index in [4.69, 9.17) is 44.5 Å². The molecule has 7 nitrogen and oxygen atoms in total. The first-order valence-electron chi connectivity index (χ1n) is 9.71. The smallest absolute Gasteiger partial charge is 0.320 e. The Morgan fingerprint density at radius 1 is 1.17 bits per heavy atom. The molecule has 0 bridgehead atoms. The van der Waals surface area contributed by atoms with Crippen molar-refractivity contribution in [1.29, 1.82) is 0 Å². The maximum Gasteiger partial charge on any atom is 0.320 e. The second-order valence-electron chi connectivity index (χ2n) is 7.13. The first kappa shape index (κ1) is 21.3. The fourth-order valence-electron chi connectivity index (χ4n) is 3.62. The quantitative estimate of drug-likeness (QED) is 0.406. The Balaban J connectivity index is 1.53. The van der Waals surface area contributed by atoms with Gasteiger partial charge in [0.2, 0.25) is 5.28 Å². The van der Waals surface area contributed by atoms with Gasteiger partial charge in [-0.25, -0.2) is 9.97 Å². The molecule has 1 aliphatic rings. The SMILES string of the molecule is CCOC(=O)CN1CCC(c2nc3cc(-c4ccc(Cl)cc4Cl)nc(Cl)n3n2)CC1. The van der Waals surface area contributed by atoms with Crippen LogP contribution in [0.15, 0.2) is 24.3 Å². The van der Waals surface area contributed by atoms with Gasteiger partial charge in [-0.1, -0.05) is 23.2 Å². The number of nitrogens with zero attached hydrogens (tertiary/aromatic N) is 5. The van der Waals surface area contributed by atoms with E-state index in [1.165, 1.54) is 4.52 Å². The summed E-state index contributed by atoms with van der Waals surface area (Å²) in [6.07, 6.45) is 1.72. The van der Waals surface area contributed by atoms with E-state index < -0.39 is 0 Å². The molecule has 3 heterocycles. The number of hydrogen-bond donors (Lipinski definition) is 0. The zero-order valence-electron chi connectivity index (χ0n) is 16.3. The number of rotatable bonds is 5. The van der Waals surface area contributed by atoms with Crippen LogP contribution in [0.25, 0.3) is 16.9 Å². The van der Waals surface area contributed by atoms with Gasteiger partial charge in [-0.05, 0) is 62.7 Å². The van der Waals surface area contributed by atoms with Gasteiger partial charge in [-0.2, -0.15) is 4.52 Å². The normalized spacial score (nSPS) is 15.6. The fourth-order valence-corrected chi connectivity index (χ4v) is 4.34. The largest absolute Gasteiger partial charge is 0.465 e. The van der Waals surface area contributed by atoms with Crippen molar-refractivity contribution in [2.24, 2.45) is 0 Å². The molecule has 0 unspecified atom stereocenters. The third-order valence-corrected chi connectivity index (χ3v) is 5.91. The topological polar surface area (TPSA) is 72.6 Å². The highest BCUT2D eigenvalue weighted by atomic mass is 35.5. The summed E-state index contributed by atoms with van der Waals surface area (Å²) in [5, 5.41) is 5.83. The molecule has 0 aliphatic carbocycles. The minimum Gasteiger partial charge on any atom is -0.465 e. The minimum atomic E-state index is -0.187. The molecule has 1 fully saturated rings. The zero-order valence-corrected chi connectivity index (χ0v) is 18.6. The van der Waals surface area contributed by atoms with Crippen molar-refractivity contribution in [3.63, 3.8) is 0 Å². The number of esters is 1. The summed E-state index contributed by atoms with van der Waals surface area (Å²) in [6.45, 7) is 4.11. The van der Waals surface area contributed by atoms with Gasteiger partial charge in [0.1, 0.15) is 0 Å². The van der Waals surface area contributed by atoms with E-state index in [1.807, 2.05) is 13.0 Å². The first-order chi connectivity index (χ1) is 14.4. The van der Waals surface area contributed by atoms with Crippen LogP contribution >= 0.6 is 34.8 Å². The Morgan fingerprint density at radius 2 is 1.93 bits per heavy atom. The summed E-state index contributed by atoms with van der Waals surface area (Å²) in [7, 11) is 0. The lowest BCUT2D eigenvalue weighted by molar-refractivity contribution is -0.144. The molecule has 4 rings (SSSR count). The summed E-state index contributed by atoms with van der Waals surface area (Å²) < 4.78 is 6.56. The molecular weight excluding hydrogens is 449 g/mol. The molecule has 0 saturated carbocycles. The Bertz CT molecular complexity index is 1080. The van der Waals surface area contributed by atoms with Gasteiger partial charge in [0.15, 0.2) is 11.5 Å². The summed E-state index contributed by atoms with van der Waals surface area (Å²) in [6, 6.07) is 7.03. The van der Waals surface area contributed by atoms with Crippen LogP contribution in [0.2, 0.25) is 15.3 Å². The fraction of sp³-hybridized carbons (Fsp3) is 0.400. The van der Waals surface area contributed by atoms with Gasteiger partial charge < -0.3 is 4.74 Å². The minimum absolute atomic E-state index is 0.187. The van der Waals surface area contributed by atoms with E-state index in [2.05, 4.69) is 15.0 Å². The number of halogens is 3. The van der Waals surface area contributed by atoms with E-state index >= 15 is 0 Å². The van der Waals surface area contributed by atoms with Crippen LogP contribution < -0.4 is 0 Å². The number of hydrogen-bond acceptors (Lipinski definition) is 6. The van der Waals surface area contributed by atoms with Crippen LogP contribution in [0.3, 0.4) is 0 Å². The molecule has 1 saturated heterocycles. The van der Waals surface area contributed by atoms with Crippen LogP contribution in [0.5, 0.6) is 0 Å². The number of piperidine rings is 1. The summed E-state index contributed by atoms with van der Waals surface area (Å²) in [5.41, 5.74) is 1.94.